The Balaban J connectivity index is 1.52. The quantitative estimate of drug-likeness (QED) is 0.598. The predicted molar refractivity (Wildman–Crippen MR) is 122 cm³/mol. The van der Waals surface area contributed by atoms with Crippen LogP contribution in [0.3, 0.4) is 0 Å². The Labute approximate surface area is 186 Å². The second-order valence-electron chi connectivity index (χ2n) is 7.38. The third-order valence-electron chi connectivity index (χ3n) is 5.45. The molecule has 0 aliphatic carbocycles. The maximum Gasteiger partial charge on any atom is 0.313 e. The van der Waals surface area contributed by atoms with Crippen LogP contribution in [0, 0.1) is 0 Å². The van der Waals surface area contributed by atoms with Gasteiger partial charge in [-0.05, 0) is 28.5 Å². The summed E-state index contributed by atoms with van der Waals surface area (Å²) < 4.78 is 5.51. The van der Waals surface area contributed by atoms with Crippen molar-refractivity contribution in [3.05, 3.63) is 77.3 Å². The fourth-order valence-electron chi connectivity index (χ4n) is 3.88. The summed E-state index contributed by atoms with van der Waals surface area (Å²) in [7, 11) is 0. The molecule has 1 fully saturated rings. The van der Waals surface area contributed by atoms with E-state index < -0.39 is 11.8 Å². The van der Waals surface area contributed by atoms with Gasteiger partial charge in [-0.15, -0.1) is 0 Å². The van der Waals surface area contributed by atoms with Crippen molar-refractivity contribution in [1.29, 1.82) is 0 Å². The minimum Gasteiger partial charge on any atom is -0.379 e. The molecule has 1 saturated heterocycles. The monoisotopic (exact) mass is 437 g/mol. The lowest BCUT2D eigenvalue weighted by Crippen LogP contribution is -2.45. The molecule has 0 bridgehead atoms. The fraction of sp³-hybridized carbons (Fsp3) is 0.250. The van der Waals surface area contributed by atoms with Gasteiger partial charge in [0, 0.05) is 19.6 Å². The molecule has 2 N–H and O–H groups in total. The number of carbonyl (C=O) groups excluding carboxylic acids is 2. The summed E-state index contributed by atoms with van der Waals surface area (Å²) in [5.41, 5.74) is 1.52. The van der Waals surface area contributed by atoms with Crippen LogP contribution in [0.15, 0.2) is 66.7 Å². The van der Waals surface area contributed by atoms with E-state index in [1.165, 1.54) is 0 Å². The zero-order valence-electron chi connectivity index (χ0n) is 17.0. The van der Waals surface area contributed by atoms with Crippen molar-refractivity contribution in [3.63, 3.8) is 0 Å². The molecule has 0 spiro atoms. The molecule has 160 valence electrons. The van der Waals surface area contributed by atoms with Gasteiger partial charge in [0.2, 0.25) is 0 Å². The lowest BCUT2D eigenvalue weighted by atomic mass is 9.97. The van der Waals surface area contributed by atoms with Crippen LogP contribution in [0.4, 0.5) is 5.69 Å². The van der Waals surface area contributed by atoms with E-state index in [9.17, 15) is 9.59 Å². The molecule has 6 nitrogen and oxygen atoms in total. The summed E-state index contributed by atoms with van der Waals surface area (Å²) in [5, 5.41) is 8.03. The maximum atomic E-state index is 12.5. The Morgan fingerprint density at radius 2 is 1.65 bits per heavy atom. The lowest BCUT2D eigenvalue weighted by molar-refractivity contribution is -0.136. The van der Waals surface area contributed by atoms with Gasteiger partial charge in [-0.1, -0.05) is 66.2 Å². The number of rotatable bonds is 5. The van der Waals surface area contributed by atoms with Crippen molar-refractivity contribution >= 4 is 39.9 Å². The number of hydrogen-bond acceptors (Lipinski definition) is 4. The van der Waals surface area contributed by atoms with E-state index in [0.29, 0.717) is 30.5 Å². The molecule has 0 unspecified atom stereocenters. The number of nitrogens with one attached hydrogen (secondary N) is 2. The number of amides is 2. The van der Waals surface area contributed by atoms with Crippen LogP contribution in [0.1, 0.15) is 11.6 Å². The predicted octanol–water partition coefficient (Wildman–Crippen LogP) is 3.62. The smallest absolute Gasteiger partial charge is 0.313 e. The summed E-state index contributed by atoms with van der Waals surface area (Å²) in [6.07, 6.45) is 0. The molecule has 3 aromatic carbocycles. The zero-order valence-corrected chi connectivity index (χ0v) is 17.8. The van der Waals surface area contributed by atoms with E-state index in [4.69, 9.17) is 16.3 Å². The average Bonchev–Trinajstić information content (AvgIpc) is 2.81. The van der Waals surface area contributed by atoms with Gasteiger partial charge in [0.25, 0.3) is 0 Å². The molecule has 0 radical (unpaired) electrons. The van der Waals surface area contributed by atoms with E-state index in [2.05, 4.69) is 39.8 Å². The highest BCUT2D eigenvalue weighted by atomic mass is 35.5. The van der Waals surface area contributed by atoms with E-state index in [1.807, 2.05) is 18.2 Å². The van der Waals surface area contributed by atoms with Crippen LogP contribution in [-0.4, -0.2) is 49.6 Å². The van der Waals surface area contributed by atoms with Crippen molar-refractivity contribution in [2.75, 3.05) is 38.2 Å². The normalized spacial score (nSPS) is 15.4. The third kappa shape index (κ3) is 5.05. The number of benzene rings is 3. The molecular weight excluding hydrogens is 414 g/mol. The van der Waals surface area contributed by atoms with Crippen molar-refractivity contribution < 1.29 is 14.3 Å². The third-order valence-corrected chi connectivity index (χ3v) is 5.78. The molecule has 4 rings (SSSR count). The van der Waals surface area contributed by atoms with Crippen molar-refractivity contribution in [2.24, 2.45) is 0 Å². The van der Waals surface area contributed by atoms with E-state index in [1.54, 1.807) is 24.3 Å². The maximum absolute atomic E-state index is 12.5. The second-order valence-corrected chi connectivity index (χ2v) is 7.78. The zero-order chi connectivity index (χ0) is 21.6. The molecule has 0 saturated carbocycles. The SMILES string of the molecule is O=C(NC[C@@H](c1cccc2ccccc12)N1CCOCC1)C(=O)Nc1ccccc1Cl. The highest BCUT2D eigenvalue weighted by molar-refractivity contribution is 6.41. The highest BCUT2D eigenvalue weighted by Gasteiger charge is 2.26. The first-order valence-electron chi connectivity index (χ1n) is 10.3. The first-order chi connectivity index (χ1) is 15.1. The molecule has 3 aromatic rings. The number of para-hydroxylation sites is 1. The van der Waals surface area contributed by atoms with Gasteiger partial charge < -0.3 is 15.4 Å². The Kier molecular flexibility index (Phi) is 6.82. The van der Waals surface area contributed by atoms with Crippen LogP contribution in [0.25, 0.3) is 10.8 Å². The van der Waals surface area contributed by atoms with E-state index in [-0.39, 0.29) is 6.04 Å². The van der Waals surface area contributed by atoms with Crippen LogP contribution < -0.4 is 10.6 Å². The Hall–Kier alpha value is -2.93. The van der Waals surface area contributed by atoms with Crippen molar-refractivity contribution in [2.45, 2.75) is 6.04 Å². The summed E-state index contributed by atoms with van der Waals surface area (Å²) in [4.78, 5) is 27.2. The standard InChI is InChI=1S/C24H24ClN3O3/c25-20-10-3-4-11-21(20)27-24(30)23(29)26-16-22(28-12-14-31-15-13-28)19-9-5-7-17-6-1-2-8-18(17)19/h1-11,22H,12-16H2,(H,26,29)(H,27,30)/t22-/m0/s1. The van der Waals surface area contributed by atoms with Gasteiger partial charge in [-0.2, -0.15) is 0 Å². The lowest BCUT2D eigenvalue weighted by Gasteiger charge is -2.35. The number of anilines is 1. The first kappa shape index (κ1) is 21.3. The number of morpholine rings is 1. The van der Waals surface area contributed by atoms with E-state index >= 15 is 0 Å². The first-order valence-corrected chi connectivity index (χ1v) is 10.6. The Bertz CT molecular complexity index is 1080. The van der Waals surface area contributed by atoms with Gasteiger partial charge in [0.15, 0.2) is 0 Å². The van der Waals surface area contributed by atoms with Crippen LogP contribution >= 0.6 is 11.6 Å². The second kappa shape index (κ2) is 9.92. The highest BCUT2D eigenvalue weighted by Crippen LogP contribution is 2.28. The molecule has 31 heavy (non-hydrogen) atoms. The molecule has 1 aliphatic rings. The molecule has 1 atom stereocenters. The summed E-state index contributed by atoms with van der Waals surface area (Å²) in [5.74, 6) is -1.44. The van der Waals surface area contributed by atoms with Crippen LogP contribution in [-0.2, 0) is 14.3 Å². The van der Waals surface area contributed by atoms with Gasteiger partial charge in [-0.25, -0.2) is 0 Å². The van der Waals surface area contributed by atoms with Crippen LogP contribution in [0.2, 0.25) is 5.02 Å². The number of halogens is 1. The summed E-state index contributed by atoms with van der Waals surface area (Å²) in [6.45, 7) is 3.11. The largest absolute Gasteiger partial charge is 0.379 e. The number of hydrogen-bond donors (Lipinski definition) is 2. The van der Waals surface area contributed by atoms with Crippen molar-refractivity contribution in [1.82, 2.24) is 10.2 Å². The number of ether oxygens (including phenoxy) is 1. The molecule has 1 aliphatic heterocycles. The Morgan fingerprint density at radius 3 is 2.45 bits per heavy atom. The van der Waals surface area contributed by atoms with Crippen LogP contribution in [0.5, 0.6) is 0 Å². The van der Waals surface area contributed by atoms with Gasteiger partial charge in [-0.3, -0.25) is 14.5 Å². The molecule has 0 aromatic heterocycles. The minimum atomic E-state index is -0.744. The topological polar surface area (TPSA) is 70.7 Å². The number of nitrogens with zero attached hydrogens (tertiary/aromatic N) is 1. The molecule has 7 heteroatoms. The van der Waals surface area contributed by atoms with Gasteiger partial charge in [0.05, 0.1) is 30.0 Å². The fourth-order valence-corrected chi connectivity index (χ4v) is 4.06. The minimum absolute atomic E-state index is 0.0768. The van der Waals surface area contributed by atoms with Crippen molar-refractivity contribution in [3.8, 4) is 0 Å². The number of carbonyl (C=O) groups is 2. The number of fused-ring (bicyclic) bond motifs is 1. The molecule has 2 amide bonds. The van der Waals surface area contributed by atoms with E-state index in [0.717, 1.165) is 29.4 Å². The molecular formula is C24H24ClN3O3. The molecule has 1 heterocycles. The average molecular weight is 438 g/mol. The summed E-state index contributed by atoms with van der Waals surface area (Å²) in [6, 6.07) is 21.1. The summed E-state index contributed by atoms with van der Waals surface area (Å²) >= 11 is 6.07. The Morgan fingerprint density at radius 1 is 0.935 bits per heavy atom. The van der Waals surface area contributed by atoms with Gasteiger partial charge >= 0.3 is 11.8 Å². The van der Waals surface area contributed by atoms with Gasteiger partial charge in [0.1, 0.15) is 0 Å².